The van der Waals surface area contributed by atoms with Crippen molar-refractivity contribution in [3.8, 4) is 11.5 Å². The number of hydrazone groups is 1. The van der Waals surface area contributed by atoms with Crippen LogP contribution in [0.5, 0.6) is 11.5 Å². The molecular weight excluding hydrogens is 417 g/mol. The number of nitrogens with zero attached hydrogens (tertiary/aromatic N) is 2. The van der Waals surface area contributed by atoms with Gasteiger partial charge >= 0.3 is 0 Å². The summed E-state index contributed by atoms with van der Waals surface area (Å²) in [6.07, 6.45) is 2.83. The zero-order valence-corrected chi connectivity index (χ0v) is 16.4. The summed E-state index contributed by atoms with van der Waals surface area (Å²) < 4.78 is 1.37. The molecule has 0 atom stereocenters. The summed E-state index contributed by atoms with van der Waals surface area (Å²) in [6.45, 7) is 0.215. The molecule has 7 nitrogen and oxygen atoms in total. The molecule has 0 saturated carbocycles. The van der Waals surface area contributed by atoms with E-state index in [4.69, 9.17) is 23.2 Å². The molecular formula is C20H15Cl2N3O4. The van der Waals surface area contributed by atoms with Gasteiger partial charge in [0.05, 0.1) is 22.8 Å². The van der Waals surface area contributed by atoms with Crippen molar-refractivity contribution in [3.05, 3.63) is 91.8 Å². The molecule has 0 unspecified atom stereocenters. The fourth-order valence-corrected chi connectivity index (χ4v) is 2.84. The fraction of sp³-hybridized carbons (Fsp3) is 0.0500. The van der Waals surface area contributed by atoms with Crippen LogP contribution in [0.2, 0.25) is 10.0 Å². The van der Waals surface area contributed by atoms with Gasteiger partial charge in [-0.15, -0.1) is 0 Å². The second-order valence-corrected chi connectivity index (χ2v) is 6.87. The van der Waals surface area contributed by atoms with E-state index >= 15 is 0 Å². The number of hydrogen-bond acceptors (Lipinski definition) is 5. The molecule has 1 aromatic heterocycles. The van der Waals surface area contributed by atoms with Crippen LogP contribution >= 0.6 is 23.2 Å². The largest absolute Gasteiger partial charge is 0.504 e. The Balaban J connectivity index is 1.74. The van der Waals surface area contributed by atoms with Gasteiger partial charge in [-0.25, -0.2) is 5.43 Å². The average molecular weight is 432 g/mol. The van der Waals surface area contributed by atoms with Gasteiger partial charge in [0.1, 0.15) is 5.56 Å². The second-order valence-electron chi connectivity index (χ2n) is 6.05. The van der Waals surface area contributed by atoms with Crippen LogP contribution in [0.1, 0.15) is 21.5 Å². The Hall–Kier alpha value is -3.29. The van der Waals surface area contributed by atoms with E-state index in [-0.39, 0.29) is 23.6 Å². The third-order valence-corrected chi connectivity index (χ3v) is 4.72. The lowest BCUT2D eigenvalue weighted by molar-refractivity contribution is 0.0953. The van der Waals surface area contributed by atoms with Crippen molar-refractivity contribution in [2.75, 3.05) is 0 Å². The van der Waals surface area contributed by atoms with Gasteiger partial charge < -0.3 is 14.8 Å². The predicted molar refractivity (Wildman–Crippen MR) is 111 cm³/mol. The summed E-state index contributed by atoms with van der Waals surface area (Å²) in [5.74, 6) is -1.26. The lowest BCUT2D eigenvalue weighted by Crippen LogP contribution is -2.30. The first-order valence-electron chi connectivity index (χ1n) is 8.34. The van der Waals surface area contributed by atoms with Crippen LogP contribution in [0.4, 0.5) is 0 Å². The number of carbonyl (C=O) groups is 1. The molecule has 3 rings (SSSR count). The van der Waals surface area contributed by atoms with Crippen molar-refractivity contribution in [1.82, 2.24) is 9.99 Å². The third-order valence-electron chi connectivity index (χ3n) is 3.98. The zero-order chi connectivity index (χ0) is 21.0. The average Bonchev–Trinajstić information content (AvgIpc) is 2.69. The molecule has 2 aromatic carbocycles. The third kappa shape index (κ3) is 4.96. The second kappa shape index (κ2) is 8.81. The Morgan fingerprint density at radius 2 is 1.86 bits per heavy atom. The number of phenolic OH excluding ortho intramolecular Hbond substituents is 2. The first-order chi connectivity index (χ1) is 13.8. The number of nitrogens with one attached hydrogen (secondary N) is 1. The molecule has 3 aromatic rings. The highest BCUT2D eigenvalue weighted by Gasteiger charge is 2.12. The maximum Gasteiger partial charge on any atom is 0.276 e. The Kier molecular flexibility index (Phi) is 6.21. The molecule has 1 heterocycles. The Labute approximate surface area is 175 Å². The van der Waals surface area contributed by atoms with E-state index in [1.165, 1.54) is 35.0 Å². The van der Waals surface area contributed by atoms with Crippen LogP contribution in [0.3, 0.4) is 0 Å². The molecule has 0 fully saturated rings. The monoisotopic (exact) mass is 431 g/mol. The molecule has 0 saturated heterocycles. The molecule has 0 radical (unpaired) electrons. The molecule has 0 bridgehead atoms. The Morgan fingerprint density at radius 3 is 2.59 bits per heavy atom. The van der Waals surface area contributed by atoms with E-state index in [0.29, 0.717) is 15.6 Å². The molecule has 0 aliphatic carbocycles. The van der Waals surface area contributed by atoms with Crippen LogP contribution in [0, 0.1) is 0 Å². The van der Waals surface area contributed by atoms with E-state index in [2.05, 4.69) is 10.5 Å². The normalized spacial score (nSPS) is 11.0. The lowest BCUT2D eigenvalue weighted by Gasteiger charge is -2.08. The summed E-state index contributed by atoms with van der Waals surface area (Å²) in [6, 6.07) is 12.1. The summed E-state index contributed by atoms with van der Waals surface area (Å²) in [5, 5.41) is 23.3. The highest BCUT2D eigenvalue weighted by molar-refractivity contribution is 6.42. The summed E-state index contributed by atoms with van der Waals surface area (Å²) >= 11 is 11.9. The Bertz CT molecular complexity index is 1160. The van der Waals surface area contributed by atoms with Crippen molar-refractivity contribution in [2.45, 2.75) is 6.54 Å². The topological polar surface area (TPSA) is 104 Å². The molecule has 148 valence electrons. The van der Waals surface area contributed by atoms with Crippen molar-refractivity contribution in [1.29, 1.82) is 0 Å². The maximum atomic E-state index is 12.6. The van der Waals surface area contributed by atoms with Gasteiger partial charge in [0.15, 0.2) is 11.5 Å². The van der Waals surface area contributed by atoms with E-state index in [0.717, 1.165) is 5.56 Å². The number of phenols is 2. The number of hydrogen-bond donors (Lipinski definition) is 3. The van der Waals surface area contributed by atoms with Gasteiger partial charge in [-0.05, 0) is 53.6 Å². The lowest BCUT2D eigenvalue weighted by atomic mass is 10.2. The zero-order valence-electron chi connectivity index (χ0n) is 14.8. The number of amides is 1. The highest BCUT2D eigenvalue weighted by atomic mass is 35.5. The van der Waals surface area contributed by atoms with Crippen LogP contribution in [-0.4, -0.2) is 26.9 Å². The summed E-state index contributed by atoms with van der Waals surface area (Å²) in [5.41, 5.74) is 2.89. The maximum absolute atomic E-state index is 12.6. The number of aromatic nitrogens is 1. The van der Waals surface area contributed by atoms with Gasteiger partial charge in [-0.2, -0.15) is 5.10 Å². The van der Waals surface area contributed by atoms with Crippen molar-refractivity contribution in [3.63, 3.8) is 0 Å². The van der Waals surface area contributed by atoms with Crippen LogP contribution in [0.25, 0.3) is 0 Å². The van der Waals surface area contributed by atoms with Crippen molar-refractivity contribution < 1.29 is 15.0 Å². The minimum atomic E-state index is -0.683. The highest BCUT2D eigenvalue weighted by Crippen LogP contribution is 2.24. The number of aromatic hydroxyl groups is 2. The number of carbonyl (C=O) groups excluding carboxylic acids is 1. The van der Waals surface area contributed by atoms with Gasteiger partial charge in [-0.3, -0.25) is 9.59 Å². The van der Waals surface area contributed by atoms with E-state index in [1.807, 2.05) is 0 Å². The van der Waals surface area contributed by atoms with Crippen LogP contribution < -0.4 is 11.0 Å². The number of benzene rings is 2. The SMILES string of the molecule is O=C(N/N=C\c1ccc(O)c(O)c1)c1cccn(Cc2ccc(Cl)c(Cl)c2)c1=O. The number of rotatable bonds is 5. The summed E-state index contributed by atoms with van der Waals surface area (Å²) in [4.78, 5) is 24.9. The Morgan fingerprint density at radius 1 is 1.07 bits per heavy atom. The first kappa shape index (κ1) is 20.4. The van der Waals surface area contributed by atoms with Crippen molar-refractivity contribution in [2.24, 2.45) is 5.10 Å². The molecule has 9 heteroatoms. The predicted octanol–water partition coefficient (Wildman–Crippen LogP) is 3.38. The minimum absolute atomic E-state index is 0.0849. The van der Waals surface area contributed by atoms with Gasteiger partial charge in [0.25, 0.3) is 11.5 Å². The van der Waals surface area contributed by atoms with Crippen LogP contribution in [-0.2, 0) is 6.54 Å². The summed E-state index contributed by atoms with van der Waals surface area (Å²) in [7, 11) is 0. The van der Waals surface area contributed by atoms with Gasteiger partial charge in [0.2, 0.25) is 0 Å². The number of pyridine rings is 1. The number of halogens is 2. The molecule has 0 spiro atoms. The smallest absolute Gasteiger partial charge is 0.276 e. The van der Waals surface area contributed by atoms with Gasteiger partial charge in [0, 0.05) is 6.20 Å². The van der Waals surface area contributed by atoms with E-state index < -0.39 is 11.5 Å². The van der Waals surface area contributed by atoms with E-state index in [1.54, 1.807) is 30.5 Å². The molecule has 1 amide bonds. The molecule has 0 aliphatic heterocycles. The molecule has 3 N–H and O–H groups in total. The van der Waals surface area contributed by atoms with Crippen molar-refractivity contribution >= 4 is 35.3 Å². The fourth-order valence-electron chi connectivity index (χ4n) is 2.52. The standard InChI is InChI=1S/C20H15Cl2N3O4/c21-15-5-3-13(8-16(15)22)11-25-7-1-2-14(20(25)29)19(28)24-23-10-12-4-6-17(26)18(27)9-12/h1-10,26-27H,11H2,(H,24,28)/b23-10-. The van der Waals surface area contributed by atoms with E-state index in [9.17, 15) is 19.8 Å². The molecule has 0 aliphatic rings. The quantitative estimate of drug-likeness (QED) is 0.327. The minimum Gasteiger partial charge on any atom is -0.504 e. The van der Waals surface area contributed by atoms with Crippen LogP contribution in [0.15, 0.2) is 64.6 Å². The first-order valence-corrected chi connectivity index (χ1v) is 9.09. The molecule has 29 heavy (non-hydrogen) atoms. The van der Waals surface area contributed by atoms with Gasteiger partial charge in [-0.1, -0.05) is 29.3 Å².